The van der Waals surface area contributed by atoms with Crippen LogP contribution in [0.4, 0.5) is 0 Å². The lowest BCUT2D eigenvalue weighted by Crippen LogP contribution is -2.09. The lowest BCUT2D eigenvalue weighted by Gasteiger charge is -2.10. The number of esters is 2. The molecule has 144 valence electrons. The highest BCUT2D eigenvalue weighted by Gasteiger charge is 2.14. The maximum absolute atomic E-state index is 12.4. The Kier molecular flexibility index (Phi) is 7.17. The molecule has 7 heteroatoms. The number of ether oxygens (including phenoxy) is 4. The first-order chi connectivity index (χ1) is 13.5. The van der Waals surface area contributed by atoms with E-state index in [0.29, 0.717) is 17.1 Å². The van der Waals surface area contributed by atoms with Crippen molar-refractivity contribution in [2.75, 3.05) is 20.8 Å². The van der Waals surface area contributed by atoms with E-state index < -0.39 is 11.9 Å². The third-order valence-corrected chi connectivity index (χ3v) is 3.61. The fraction of sp³-hybridized carbons (Fsp3) is 0.190. The number of carbonyl (C=O) groups is 2. The number of rotatable bonds is 7. The Hall–Kier alpha value is -3.79. The van der Waals surface area contributed by atoms with Gasteiger partial charge in [0.25, 0.3) is 0 Å². The van der Waals surface area contributed by atoms with Crippen molar-refractivity contribution in [2.24, 2.45) is 0 Å². The zero-order valence-corrected chi connectivity index (χ0v) is 15.7. The standard InChI is InChI=1S/C21H19NO6/c1-4-27-20(23)16(13-22)10-14-6-5-7-17(11-14)28-21(24)15-8-9-18(25-2)19(12-15)26-3/h5-12H,4H2,1-3H3/b16-10+. The molecule has 0 aliphatic heterocycles. The lowest BCUT2D eigenvalue weighted by atomic mass is 10.1. The number of carbonyl (C=O) groups excluding carboxylic acids is 2. The molecule has 0 amide bonds. The van der Waals surface area contributed by atoms with E-state index in [0.717, 1.165) is 0 Å². The van der Waals surface area contributed by atoms with E-state index in [2.05, 4.69) is 0 Å². The molecule has 2 aromatic rings. The van der Waals surface area contributed by atoms with Gasteiger partial charge in [-0.1, -0.05) is 12.1 Å². The van der Waals surface area contributed by atoms with Crippen molar-refractivity contribution in [2.45, 2.75) is 6.92 Å². The molecule has 0 heterocycles. The molecule has 0 fully saturated rings. The van der Waals surface area contributed by atoms with E-state index >= 15 is 0 Å². The minimum Gasteiger partial charge on any atom is -0.493 e. The number of nitrogens with zero attached hydrogens (tertiary/aromatic N) is 1. The van der Waals surface area contributed by atoms with Gasteiger partial charge in [0.1, 0.15) is 17.4 Å². The molecule has 0 radical (unpaired) electrons. The fourth-order valence-corrected chi connectivity index (χ4v) is 2.31. The maximum atomic E-state index is 12.4. The van der Waals surface area contributed by atoms with Crippen LogP contribution >= 0.6 is 0 Å². The van der Waals surface area contributed by atoms with E-state index in [9.17, 15) is 9.59 Å². The van der Waals surface area contributed by atoms with Gasteiger partial charge in [-0.25, -0.2) is 9.59 Å². The summed E-state index contributed by atoms with van der Waals surface area (Å²) in [6.45, 7) is 1.82. The summed E-state index contributed by atoms with van der Waals surface area (Å²) in [5, 5.41) is 9.11. The molecular formula is C21H19NO6. The highest BCUT2D eigenvalue weighted by molar-refractivity contribution is 5.98. The first kappa shape index (κ1) is 20.5. The Bertz CT molecular complexity index is 942. The minimum absolute atomic E-state index is 0.148. The first-order valence-corrected chi connectivity index (χ1v) is 8.35. The highest BCUT2D eigenvalue weighted by atomic mass is 16.5. The van der Waals surface area contributed by atoms with Crippen LogP contribution in [0.5, 0.6) is 17.2 Å². The van der Waals surface area contributed by atoms with E-state index in [4.69, 9.17) is 24.2 Å². The summed E-state index contributed by atoms with van der Waals surface area (Å²) in [5.74, 6) is -0.142. The van der Waals surface area contributed by atoms with Gasteiger partial charge in [0.05, 0.1) is 26.4 Å². The van der Waals surface area contributed by atoms with Crippen molar-refractivity contribution in [3.63, 3.8) is 0 Å². The average Bonchev–Trinajstić information content (AvgIpc) is 2.71. The summed E-state index contributed by atoms with van der Waals surface area (Å²) in [6, 6.07) is 12.9. The van der Waals surface area contributed by atoms with Crippen LogP contribution in [0.2, 0.25) is 0 Å². The summed E-state index contributed by atoms with van der Waals surface area (Å²) >= 11 is 0. The predicted octanol–water partition coefficient (Wildman–Crippen LogP) is 3.39. The summed E-state index contributed by atoms with van der Waals surface area (Å²) in [6.07, 6.45) is 1.37. The van der Waals surface area contributed by atoms with E-state index in [1.54, 1.807) is 43.3 Å². The Morgan fingerprint density at radius 1 is 1.07 bits per heavy atom. The molecule has 0 aliphatic carbocycles. The van der Waals surface area contributed by atoms with Gasteiger partial charge in [0.15, 0.2) is 11.5 Å². The molecule has 0 saturated carbocycles. The van der Waals surface area contributed by atoms with Gasteiger partial charge < -0.3 is 18.9 Å². The Labute approximate surface area is 162 Å². The molecule has 2 aromatic carbocycles. The quantitative estimate of drug-likeness (QED) is 0.314. The summed E-state index contributed by atoms with van der Waals surface area (Å²) < 4.78 is 20.5. The fourth-order valence-electron chi connectivity index (χ4n) is 2.31. The van der Waals surface area contributed by atoms with Crippen molar-refractivity contribution >= 4 is 18.0 Å². The van der Waals surface area contributed by atoms with Crippen molar-refractivity contribution in [3.8, 4) is 23.3 Å². The lowest BCUT2D eigenvalue weighted by molar-refractivity contribution is -0.137. The van der Waals surface area contributed by atoms with Gasteiger partial charge in [0, 0.05) is 0 Å². The molecule has 0 aromatic heterocycles. The summed E-state index contributed by atoms with van der Waals surface area (Å²) in [5.41, 5.74) is 0.648. The molecule has 0 aliphatic rings. The second-order valence-corrected chi connectivity index (χ2v) is 5.42. The molecule has 7 nitrogen and oxygen atoms in total. The minimum atomic E-state index is -0.710. The van der Waals surface area contributed by atoms with Crippen LogP contribution in [0.3, 0.4) is 0 Å². The largest absolute Gasteiger partial charge is 0.493 e. The van der Waals surface area contributed by atoms with E-state index in [1.807, 2.05) is 0 Å². The van der Waals surface area contributed by atoms with Crippen LogP contribution in [0.25, 0.3) is 6.08 Å². The molecule has 28 heavy (non-hydrogen) atoms. The van der Waals surface area contributed by atoms with Crippen LogP contribution < -0.4 is 14.2 Å². The highest BCUT2D eigenvalue weighted by Crippen LogP contribution is 2.28. The van der Waals surface area contributed by atoms with Crippen LogP contribution in [0.15, 0.2) is 48.0 Å². The predicted molar refractivity (Wildman–Crippen MR) is 101 cm³/mol. The van der Waals surface area contributed by atoms with Gasteiger partial charge in [-0.2, -0.15) is 5.26 Å². The third-order valence-electron chi connectivity index (χ3n) is 3.61. The van der Waals surface area contributed by atoms with Crippen LogP contribution in [0.1, 0.15) is 22.8 Å². The molecule has 0 spiro atoms. The van der Waals surface area contributed by atoms with Gasteiger partial charge in [-0.15, -0.1) is 0 Å². The zero-order valence-electron chi connectivity index (χ0n) is 15.7. The van der Waals surface area contributed by atoms with Gasteiger partial charge in [-0.3, -0.25) is 0 Å². The zero-order chi connectivity index (χ0) is 20.5. The first-order valence-electron chi connectivity index (χ1n) is 8.35. The smallest absolute Gasteiger partial charge is 0.348 e. The molecule has 0 bridgehead atoms. The normalized spacial score (nSPS) is 10.6. The van der Waals surface area contributed by atoms with Gasteiger partial charge in [0.2, 0.25) is 0 Å². The summed E-state index contributed by atoms with van der Waals surface area (Å²) in [4.78, 5) is 24.1. The van der Waals surface area contributed by atoms with Crippen LogP contribution in [-0.4, -0.2) is 32.8 Å². The SMILES string of the molecule is CCOC(=O)/C(C#N)=C/c1cccc(OC(=O)c2ccc(OC)c(OC)c2)c1. The Balaban J connectivity index is 2.22. The monoisotopic (exact) mass is 381 g/mol. The van der Waals surface area contributed by atoms with Crippen molar-refractivity contribution < 1.29 is 28.5 Å². The van der Waals surface area contributed by atoms with Gasteiger partial charge in [-0.05, 0) is 48.9 Å². The van der Waals surface area contributed by atoms with Gasteiger partial charge >= 0.3 is 11.9 Å². The van der Waals surface area contributed by atoms with Crippen molar-refractivity contribution in [3.05, 3.63) is 59.2 Å². The second kappa shape index (κ2) is 9.78. The molecule has 0 atom stereocenters. The number of nitriles is 1. The van der Waals surface area contributed by atoms with Crippen molar-refractivity contribution in [1.82, 2.24) is 0 Å². The van der Waals surface area contributed by atoms with Crippen LogP contribution in [-0.2, 0) is 9.53 Å². The number of methoxy groups -OCH3 is 2. The molecule has 0 N–H and O–H groups in total. The third kappa shape index (κ3) is 5.11. The Morgan fingerprint density at radius 3 is 2.46 bits per heavy atom. The molecule has 2 rings (SSSR count). The number of benzene rings is 2. The molecule has 0 unspecified atom stereocenters. The summed E-state index contributed by atoms with van der Waals surface area (Å²) in [7, 11) is 2.97. The molecule has 0 saturated heterocycles. The number of hydrogen-bond donors (Lipinski definition) is 0. The van der Waals surface area contributed by atoms with E-state index in [1.165, 1.54) is 32.4 Å². The van der Waals surface area contributed by atoms with E-state index in [-0.39, 0.29) is 23.5 Å². The van der Waals surface area contributed by atoms with Crippen LogP contribution in [0, 0.1) is 11.3 Å². The van der Waals surface area contributed by atoms with Crippen molar-refractivity contribution in [1.29, 1.82) is 5.26 Å². The average molecular weight is 381 g/mol. The topological polar surface area (TPSA) is 94.9 Å². The maximum Gasteiger partial charge on any atom is 0.348 e. The number of hydrogen-bond acceptors (Lipinski definition) is 7. The molecular weight excluding hydrogens is 362 g/mol. The Morgan fingerprint density at radius 2 is 1.82 bits per heavy atom. The second-order valence-electron chi connectivity index (χ2n) is 5.42.